The third kappa shape index (κ3) is 2.86. The molecule has 5 aliphatic rings. The molecule has 40 heavy (non-hydrogen) atoms. The van der Waals surface area contributed by atoms with Crippen LogP contribution in [0.5, 0.6) is 5.75 Å². The molecular weight excluding hydrogens is 488 g/mol. The van der Waals surface area contributed by atoms with Crippen molar-refractivity contribution < 1.29 is 9.53 Å². The zero-order valence-electron chi connectivity index (χ0n) is 22.7. The van der Waals surface area contributed by atoms with E-state index in [4.69, 9.17) is 4.74 Å². The van der Waals surface area contributed by atoms with Crippen molar-refractivity contribution in [1.82, 2.24) is 0 Å². The second kappa shape index (κ2) is 8.17. The monoisotopic (exact) mass is 518 g/mol. The summed E-state index contributed by atoms with van der Waals surface area (Å²) in [7, 11) is 0. The first kappa shape index (κ1) is 22.6. The average molecular weight is 519 g/mol. The van der Waals surface area contributed by atoms with Crippen molar-refractivity contribution in [3.63, 3.8) is 0 Å². The van der Waals surface area contributed by atoms with Crippen molar-refractivity contribution in [2.45, 2.75) is 38.5 Å². The Morgan fingerprint density at radius 1 is 0.850 bits per heavy atom. The number of hydrogen-bond acceptors (Lipinski definition) is 2. The number of carbonyl (C=O) groups is 1. The maximum atomic E-state index is 13.2. The Labute approximate surface area is 234 Å². The van der Waals surface area contributed by atoms with Gasteiger partial charge in [0.05, 0.1) is 12.5 Å². The van der Waals surface area contributed by atoms with E-state index in [1.54, 1.807) is 6.08 Å². The Balaban J connectivity index is 1.40. The summed E-state index contributed by atoms with van der Waals surface area (Å²) in [6.45, 7) is 2.93. The number of hydrogen-bond donors (Lipinski definition) is 0. The van der Waals surface area contributed by atoms with Crippen molar-refractivity contribution in [1.29, 1.82) is 0 Å². The van der Waals surface area contributed by atoms with Crippen molar-refractivity contribution in [3.8, 4) is 16.9 Å². The molecule has 0 spiro atoms. The van der Waals surface area contributed by atoms with Gasteiger partial charge >= 0.3 is 0 Å². The highest BCUT2D eigenvalue weighted by molar-refractivity contribution is 6.22. The van der Waals surface area contributed by atoms with Crippen molar-refractivity contribution in [2.75, 3.05) is 6.61 Å². The van der Waals surface area contributed by atoms with Gasteiger partial charge < -0.3 is 4.74 Å². The van der Waals surface area contributed by atoms with Crippen LogP contribution in [-0.4, -0.2) is 12.4 Å². The van der Waals surface area contributed by atoms with Crippen molar-refractivity contribution in [3.05, 3.63) is 111 Å². The van der Waals surface area contributed by atoms with E-state index in [9.17, 15) is 4.79 Å². The number of fused-ring (bicyclic) bond motifs is 6. The molecule has 0 bridgehead atoms. The van der Waals surface area contributed by atoms with Gasteiger partial charge in [-0.2, -0.15) is 0 Å². The maximum absolute atomic E-state index is 13.2. The molecule has 1 fully saturated rings. The third-order valence-electron chi connectivity index (χ3n) is 10.0. The van der Waals surface area contributed by atoms with Crippen molar-refractivity contribution >= 4 is 39.5 Å². The van der Waals surface area contributed by atoms with E-state index < -0.39 is 0 Å². The smallest absolute Gasteiger partial charge is 0.163 e. The van der Waals surface area contributed by atoms with E-state index in [2.05, 4.69) is 79.8 Å². The Kier molecular flexibility index (Phi) is 4.62. The van der Waals surface area contributed by atoms with Crippen LogP contribution in [0.1, 0.15) is 54.4 Å². The fraction of sp³-hybridized carbons (Fsp3) is 0.237. The summed E-state index contributed by atoms with van der Waals surface area (Å²) in [4.78, 5) is 13.2. The van der Waals surface area contributed by atoms with Gasteiger partial charge in [-0.3, -0.25) is 4.79 Å². The van der Waals surface area contributed by atoms with E-state index in [0.717, 1.165) is 31.4 Å². The van der Waals surface area contributed by atoms with Gasteiger partial charge in [0, 0.05) is 22.6 Å². The fourth-order valence-corrected chi connectivity index (χ4v) is 8.37. The number of ether oxygens (including phenoxy) is 1. The van der Waals surface area contributed by atoms with Crippen LogP contribution in [0.4, 0.5) is 0 Å². The summed E-state index contributed by atoms with van der Waals surface area (Å²) in [5, 5.41) is 6.63. The molecule has 4 aromatic carbocycles. The standard InChI is InChI=1S/C38H30O2/c1-2-3-17-40-32-20-30-25-9-5-4-7-21(25)18-23-12-14-27-26-13-11-24-19-22-8-6-10-31(39)33(22)28-15-16-29(36(26)34(24)28)37(32)38(27)35(23)30/h4-16,20,28,33-34H,2-3,17-19H2,1H3. The highest BCUT2D eigenvalue weighted by Gasteiger charge is 2.45. The molecule has 0 aliphatic heterocycles. The summed E-state index contributed by atoms with van der Waals surface area (Å²) in [5.74, 6) is 1.60. The molecule has 3 atom stereocenters. The molecule has 9 rings (SSSR count). The maximum Gasteiger partial charge on any atom is 0.163 e. The minimum absolute atomic E-state index is 0.0506. The Morgan fingerprint density at radius 3 is 2.67 bits per heavy atom. The van der Waals surface area contributed by atoms with E-state index >= 15 is 0 Å². The molecule has 5 aliphatic carbocycles. The number of ketones is 1. The normalized spacial score (nSPS) is 22.8. The van der Waals surface area contributed by atoms with Crippen LogP contribution in [0.2, 0.25) is 0 Å². The summed E-state index contributed by atoms with van der Waals surface area (Å²) in [6, 6.07) is 15.9. The molecule has 1 saturated carbocycles. The summed E-state index contributed by atoms with van der Waals surface area (Å²) in [6.07, 6.45) is 19.3. The van der Waals surface area contributed by atoms with E-state index in [-0.39, 0.29) is 23.5 Å². The highest BCUT2D eigenvalue weighted by atomic mass is 16.5. The molecule has 0 aromatic heterocycles. The number of allylic oxidation sites excluding steroid dienone is 7. The predicted molar refractivity (Wildman–Crippen MR) is 163 cm³/mol. The molecule has 0 radical (unpaired) electrons. The Bertz CT molecular complexity index is 2000. The molecule has 194 valence electrons. The van der Waals surface area contributed by atoms with Gasteiger partial charge in [-0.25, -0.2) is 0 Å². The highest BCUT2D eigenvalue weighted by Crippen LogP contribution is 2.55. The van der Waals surface area contributed by atoms with Gasteiger partial charge in [-0.05, 0) is 80.8 Å². The summed E-state index contributed by atoms with van der Waals surface area (Å²) >= 11 is 0. The lowest BCUT2D eigenvalue weighted by Gasteiger charge is -2.44. The first-order valence-corrected chi connectivity index (χ1v) is 14.8. The molecule has 4 aromatic rings. The number of carbonyl (C=O) groups excluding carboxylic acids is 1. The van der Waals surface area contributed by atoms with Crippen LogP contribution >= 0.6 is 0 Å². The van der Waals surface area contributed by atoms with Crippen LogP contribution in [0.25, 0.3) is 44.8 Å². The summed E-state index contributed by atoms with van der Waals surface area (Å²) in [5.41, 5.74) is 10.8. The average Bonchev–Trinajstić information content (AvgIpc) is 2.98. The van der Waals surface area contributed by atoms with E-state index in [1.807, 2.05) is 6.08 Å². The van der Waals surface area contributed by atoms with Gasteiger partial charge in [0.1, 0.15) is 5.75 Å². The van der Waals surface area contributed by atoms with Gasteiger partial charge in [0.25, 0.3) is 0 Å². The second-order valence-corrected chi connectivity index (χ2v) is 12.1. The van der Waals surface area contributed by atoms with Gasteiger partial charge in [-0.15, -0.1) is 0 Å². The van der Waals surface area contributed by atoms with Gasteiger partial charge in [0.2, 0.25) is 0 Å². The molecule has 2 heteroatoms. The topological polar surface area (TPSA) is 26.3 Å². The quantitative estimate of drug-likeness (QED) is 0.225. The minimum Gasteiger partial charge on any atom is -0.493 e. The van der Waals surface area contributed by atoms with Gasteiger partial charge in [0.15, 0.2) is 5.78 Å². The number of unbranched alkanes of at least 4 members (excludes halogenated alkanes) is 1. The zero-order valence-corrected chi connectivity index (χ0v) is 22.7. The molecular formula is C38H30O2. The Morgan fingerprint density at radius 2 is 1.75 bits per heavy atom. The lowest BCUT2D eigenvalue weighted by Crippen LogP contribution is -2.39. The first-order valence-electron chi connectivity index (χ1n) is 14.8. The molecule has 2 nitrogen and oxygen atoms in total. The molecule has 0 heterocycles. The lowest BCUT2D eigenvalue weighted by atomic mass is 9.58. The molecule has 0 N–H and O–H groups in total. The van der Waals surface area contributed by atoms with Crippen LogP contribution in [0.15, 0.2) is 84.0 Å². The predicted octanol–water partition coefficient (Wildman–Crippen LogP) is 7.99. The SMILES string of the molecule is CCCCOc1cc2c3c(ccc4c5c6c(c1c34)C=CC1C3C(=O)C=CC=C3CC(=CC=5)C61)Cc1ccccc1-2. The zero-order chi connectivity index (χ0) is 26.5. The fourth-order valence-electron chi connectivity index (χ4n) is 8.37. The second-order valence-electron chi connectivity index (χ2n) is 12.1. The van der Waals surface area contributed by atoms with Crippen molar-refractivity contribution in [2.24, 2.45) is 11.8 Å². The largest absolute Gasteiger partial charge is 0.493 e. The lowest BCUT2D eigenvalue weighted by molar-refractivity contribution is -0.118. The first-order chi connectivity index (χ1) is 19.7. The minimum atomic E-state index is -0.0506. The van der Waals surface area contributed by atoms with Crippen LogP contribution in [0.3, 0.4) is 0 Å². The molecule has 0 amide bonds. The summed E-state index contributed by atoms with van der Waals surface area (Å²) < 4.78 is 6.68. The van der Waals surface area contributed by atoms with Crippen LogP contribution in [-0.2, 0) is 11.2 Å². The van der Waals surface area contributed by atoms with E-state index in [1.165, 1.54) is 71.3 Å². The number of benzene rings is 4. The van der Waals surface area contributed by atoms with Gasteiger partial charge in [-0.1, -0.05) is 97.3 Å². The number of rotatable bonds is 4. The van der Waals surface area contributed by atoms with Crippen LogP contribution in [0, 0.1) is 11.8 Å². The third-order valence-corrected chi connectivity index (χ3v) is 10.0. The van der Waals surface area contributed by atoms with Crippen LogP contribution < -0.4 is 9.96 Å². The molecule has 3 unspecified atom stereocenters. The Hall–Kier alpha value is -4.17. The van der Waals surface area contributed by atoms with E-state index in [0.29, 0.717) is 6.61 Å². The molecule has 0 saturated heterocycles.